The maximum atomic E-state index is 11.9. The van der Waals surface area contributed by atoms with Crippen LogP contribution in [0.3, 0.4) is 0 Å². The second-order valence-corrected chi connectivity index (χ2v) is 7.19. The molecule has 0 spiro atoms. The zero-order valence-corrected chi connectivity index (χ0v) is 15.0. The third-order valence-electron chi connectivity index (χ3n) is 3.75. The zero-order valence-electron chi connectivity index (χ0n) is 13.4. The fourth-order valence-corrected chi connectivity index (χ4v) is 3.55. The first-order chi connectivity index (χ1) is 11.4. The number of carbonyl (C=O) groups is 1. The van der Waals surface area contributed by atoms with E-state index in [9.17, 15) is 14.9 Å². The summed E-state index contributed by atoms with van der Waals surface area (Å²) in [4.78, 5) is 25.9. The third-order valence-corrected chi connectivity index (χ3v) is 5.34. The number of thiocarbonyl (C=S) groups is 1. The zero-order chi connectivity index (χ0) is 17.7. The second kappa shape index (κ2) is 8.41. The highest BCUT2D eigenvalue weighted by Gasteiger charge is 2.24. The number of hydrogen-bond donors (Lipinski definition) is 1. The average molecular weight is 368 g/mol. The standard InChI is InChI=1S/C15H20N4O3S2/c1-11(16)14(20)17-6-8-18(9-7-17)15(23)24-10-12-2-4-13(5-3-12)19(21)22/h2-5,11H,6-10,16H2,1H3/t11-/m0/s1. The molecule has 1 aromatic carbocycles. The minimum atomic E-state index is -0.472. The maximum absolute atomic E-state index is 11.9. The van der Waals surface area contributed by atoms with Gasteiger partial charge in [-0.25, -0.2) is 0 Å². The van der Waals surface area contributed by atoms with Gasteiger partial charge in [0.05, 0.1) is 11.0 Å². The normalized spacial score (nSPS) is 15.9. The number of nitrogens with two attached hydrogens (primary N) is 1. The Kier molecular flexibility index (Phi) is 6.52. The van der Waals surface area contributed by atoms with Crippen molar-refractivity contribution in [3.05, 3.63) is 39.9 Å². The molecule has 1 heterocycles. The van der Waals surface area contributed by atoms with Crippen molar-refractivity contribution in [2.45, 2.75) is 18.7 Å². The van der Waals surface area contributed by atoms with Crippen molar-refractivity contribution in [2.75, 3.05) is 26.2 Å². The number of piperazine rings is 1. The van der Waals surface area contributed by atoms with Crippen LogP contribution in [0.4, 0.5) is 5.69 Å². The molecule has 1 aliphatic rings. The van der Waals surface area contributed by atoms with Crippen molar-refractivity contribution in [3.8, 4) is 0 Å². The molecule has 7 nitrogen and oxygen atoms in total. The Hall–Kier alpha value is -1.71. The van der Waals surface area contributed by atoms with E-state index in [0.29, 0.717) is 31.9 Å². The predicted octanol–water partition coefficient (Wildman–Crippen LogP) is 1.60. The van der Waals surface area contributed by atoms with Gasteiger partial charge in [-0.3, -0.25) is 14.9 Å². The molecule has 2 rings (SSSR count). The van der Waals surface area contributed by atoms with Gasteiger partial charge < -0.3 is 15.5 Å². The number of hydrogen-bond acceptors (Lipinski definition) is 6. The summed E-state index contributed by atoms with van der Waals surface area (Å²) >= 11 is 6.97. The molecule has 1 amide bonds. The van der Waals surface area contributed by atoms with E-state index in [1.54, 1.807) is 24.0 Å². The number of non-ortho nitro benzene ring substituents is 1. The van der Waals surface area contributed by atoms with Crippen LogP contribution in [0.25, 0.3) is 0 Å². The van der Waals surface area contributed by atoms with Crippen LogP contribution in [0.5, 0.6) is 0 Å². The van der Waals surface area contributed by atoms with Gasteiger partial charge in [0.2, 0.25) is 5.91 Å². The Morgan fingerprint density at radius 1 is 1.29 bits per heavy atom. The van der Waals surface area contributed by atoms with Gasteiger partial charge in [-0.2, -0.15) is 0 Å². The number of nitrogens with zero attached hydrogens (tertiary/aromatic N) is 3. The average Bonchev–Trinajstić information content (AvgIpc) is 2.59. The summed E-state index contributed by atoms with van der Waals surface area (Å²) in [6.45, 7) is 4.34. The summed E-state index contributed by atoms with van der Waals surface area (Å²) in [7, 11) is 0. The lowest BCUT2D eigenvalue weighted by atomic mass is 10.2. The summed E-state index contributed by atoms with van der Waals surface area (Å²) in [6, 6.07) is 6.01. The molecule has 0 unspecified atom stereocenters. The lowest BCUT2D eigenvalue weighted by molar-refractivity contribution is -0.384. The van der Waals surface area contributed by atoms with E-state index in [1.165, 1.54) is 23.9 Å². The van der Waals surface area contributed by atoms with E-state index < -0.39 is 11.0 Å². The van der Waals surface area contributed by atoms with E-state index in [4.69, 9.17) is 18.0 Å². The summed E-state index contributed by atoms with van der Waals surface area (Å²) in [5.74, 6) is 0.634. The molecule has 1 atom stereocenters. The number of thioether (sulfide) groups is 1. The van der Waals surface area contributed by atoms with Crippen LogP contribution in [-0.2, 0) is 10.5 Å². The summed E-state index contributed by atoms with van der Waals surface area (Å²) in [6.07, 6.45) is 0. The molecular formula is C15H20N4O3S2. The number of carbonyl (C=O) groups excluding carboxylic acids is 1. The molecule has 1 fully saturated rings. The first kappa shape index (κ1) is 18.6. The van der Waals surface area contributed by atoms with Crippen LogP contribution < -0.4 is 5.73 Å². The molecule has 0 saturated carbocycles. The fourth-order valence-electron chi connectivity index (χ4n) is 2.35. The minimum Gasteiger partial charge on any atom is -0.354 e. The molecule has 1 saturated heterocycles. The van der Waals surface area contributed by atoms with Crippen molar-refractivity contribution >= 4 is 39.9 Å². The van der Waals surface area contributed by atoms with Crippen molar-refractivity contribution in [3.63, 3.8) is 0 Å². The SMILES string of the molecule is C[C@H](N)C(=O)N1CCN(C(=S)SCc2ccc([N+](=O)[O-])cc2)CC1. The molecule has 1 aromatic rings. The van der Waals surface area contributed by atoms with Gasteiger partial charge in [-0.15, -0.1) is 0 Å². The molecule has 24 heavy (non-hydrogen) atoms. The Bertz CT molecular complexity index is 614. The molecule has 2 N–H and O–H groups in total. The highest BCUT2D eigenvalue weighted by atomic mass is 32.2. The molecule has 0 aliphatic carbocycles. The lowest BCUT2D eigenvalue weighted by Gasteiger charge is -2.36. The quantitative estimate of drug-likeness (QED) is 0.490. The molecule has 0 radical (unpaired) electrons. The topological polar surface area (TPSA) is 92.7 Å². The fraction of sp³-hybridized carbons (Fsp3) is 0.467. The summed E-state index contributed by atoms with van der Waals surface area (Å²) in [5, 5.41) is 10.6. The van der Waals surface area contributed by atoms with Gasteiger partial charge >= 0.3 is 0 Å². The summed E-state index contributed by atoms with van der Waals surface area (Å²) < 4.78 is 0.779. The smallest absolute Gasteiger partial charge is 0.269 e. The van der Waals surface area contributed by atoms with E-state index in [2.05, 4.69) is 4.90 Å². The van der Waals surface area contributed by atoms with E-state index >= 15 is 0 Å². The summed E-state index contributed by atoms with van der Waals surface area (Å²) in [5.41, 5.74) is 6.70. The second-order valence-electron chi connectivity index (χ2n) is 5.58. The number of rotatable bonds is 4. The van der Waals surface area contributed by atoms with Crippen LogP contribution in [0.2, 0.25) is 0 Å². The van der Waals surface area contributed by atoms with Crippen molar-refractivity contribution in [1.82, 2.24) is 9.80 Å². The van der Waals surface area contributed by atoms with Gasteiger partial charge in [0.1, 0.15) is 4.32 Å². The number of nitro groups is 1. The number of benzene rings is 1. The van der Waals surface area contributed by atoms with Crippen LogP contribution in [0, 0.1) is 10.1 Å². The predicted molar refractivity (Wildman–Crippen MR) is 98.8 cm³/mol. The molecular weight excluding hydrogens is 348 g/mol. The molecule has 0 bridgehead atoms. The van der Waals surface area contributed by atoms with Crippen LogP contribution in [0.1, 0.15) is 12.5 Å². The third kappa shape index (κ3) is 4.89. The van der Waals surface area contributed by atoms with Crippen molar-refractivity contribution < 1.29 is 9.72 Å². The van der Waals surface area contributed by atoms with Crippen molar-refractivity contribution in [2.24, 2.45) is 5.73 Å². The lowest BCUT2D eigenvalue weighted by Crippen LogP contribution is -2.53. The van der Waals surface area contributed by atoms with E-state index in [-0.39, 0.29) is 11.6 Å². The molecule has 9 heteroatoms. The highest BCUT2D eigenvalue weighted by Crippen LogP contribution is 2.20. The largest absolute Gasteiger partial charge is 0.354 e. The van der Waals surface area contributed by atoms with E-state index in [1.807, 2.05) is 0 Å². The van der Waals surface area contributed by atoms with E-state index in [0.717, 1.165) is 9.88 Å². The first-order valence-corrected chi connectivity index (χ1v) is 8.97. The highest BCUT2D eigenvalue weighted by molar-refractivity contribution is 8.22. The maximum Gasteiger partial charge on any atom is 0.269 e. The number of nitro benzene ring substituents is 1. The van der Waals surface area contributed by atoms with Gasteiger partial charge in [0, 0.05) is 44.1 Å². The van der Waals surface area contributed by atoms with Crippen LogP contribution in [0.15, 0.2) is 24.3 Å². The molecule has 0 aromatic heterocycles. The first-order valence-electron chi connectivity index (χ1n) is 7.58. The van der Waals surface area contributed by atoms with Gasteiger partial charge in [0.15, 0.2) is 0 Å². The number of amides is 1. The molecule has 130 valence electrons. The van der Waals surface area contributed by atoms with Gasteiger partial charge in [-0.1, -0.05) is 36.1 Å². The Morgan fingerprint density at radius 2 is 1.83 bits per heavy atom. The Balaban J connectivity index is 1.79. The van der Waals surface area contributed by atoms with Gasteiger partial charge in [0.25, 0.3) is 5.69 Å². The van der Waals surface area contributed by atoms with Crippen molar-refractivity contribution in [1.29, 1.82) is 0 Å². The van der Waals surface area contributed by atoms with Crippen LogP contribution >= 0.6 is 24.0 Å². The molecule has 1 aliphatic heterocycles. The van der Waals surface area contributed by atoms with Crippen LogP contribution in [-0.4, -0.2) is 57.2 Å². The Morgan fingerprint density at radius 3 is 2.33 bits per heavy atom. The Labute approximate surface area is 150 Å². The minimum absolute atomic E-state index is 0.0286. The van der Waals surface area contributed by atoms with Gasteiger partial charge in [-0.05, 0) is 12.5 Å². The monoisotopic (exact) mass is 368 g/mol.